The number of nitrogens with two attached hydrogens (primary N) is 1. The number of nitrogens with one attached hydrogen (secondary N) is 1. The lowest BCUT2D eigenvalue weighted by molar-refractivity contribution is 0.0539. The van der Waals surface area contributed by atoms with E-state index >= 15 is 0 Å². The van der Waals surface area contributed by atoms with E-state index in [0.717, 1.165) is 6.42 Å². The third-order valence-electron chi connectivity index (χ3n) is 6.37. The fourth-order valence-electron chi connectivity index (χ4n) is 4.74. The first kappa shape index (κ1) is 20.6. The van der Waals surface area contributed by atoms with E-state index in [4.69, 9.17) is 10.5 Å². The number of anilines is 2. The average molecular weight is 450 g/mol. The Morgan fingerprint density at radius 1 is 1.31 bits per heavy atom. The van der Waals surface area contributed by atoms with Gasteiger partial charge in [-0.3, -0.25) is 15.3 Å². The Morgan fingerprint density at radius 2 is 2.03 bits per heavy atom. The highest BCUT2D eigenvalue weighted by molar-refractivity contribution is 5.93. The molecule has 1 aliphatic carbocycles. The molecule has 1 aromatic heterocycles. The zero-order valence-electron chi connectivity index (χ0n) is 17.1. The Morgan fingerprint density at radius 3 is 2.75 bits per heavy atom. The van der Waals surface area contributed by atoms with Crippen LogP contribution < -0.4 is 16.0 Å². The van der Waals surface area contributed by atoms with Gasteiger partial charge in [0.2, 0.25) is 0 Å². The number of hydrogen-bond donors (Lipinski definition) is 2. The summed E-state index contributed by atoms with van der Waals surface area (Å²) in [6.45, 7) is 2.22. The predicted molar refractivity (Wildman–Crippen MR) is 106 cm³/mol. The predicted octanol–water partition coefficient (Wildman–Crippen LogP) is 2.90. The Balaban J connectivity index is 1.40. The van der Waals surface area contributed by atoms with Gasteiger partial charge in [-0.2, -0.15) is 5.10 Å². The SMILES string of the molecule is C[C@H]1Cn2ncc(N3C(=O)O[C@]4(N)CCC[C@H]34)c2CN1C(=O)Nc1cc(F)c(F)c(F)c1. The second-order valence-corrected chi connectivity index (χ2v) is 8.42. The first-order valence-electron chi connectivity index (χ1n) is 10.3. The number of carbonyl (C=O) groups excluding carboxylic acids is 2. The molecule has 3 N–H and O–H groups in total. The number of carbonyl (C=O) groups is 2. The summed E-state index contributed by atoms with van der Waals surface area (Å²) in [5.41, 5.74) is 6.15. The molecule has 0 spiro atoms. The number of ether oxygens (including phenoxy) is 1. The summed E-state index contributed by atoms with van der Waals surface area (Å²) in [6.07, 6.45) is 3.08. The summed E-state index contributed by atoms with van der Waals surface area (Å²) in [5.74, 6) is -4.41. The van der Waals surface area contributed by atoms with Gasteiger partial charge in [-0.05, 0) is 19.8 Å². The zero-order chi connectivity index (χ0) is 22.8. The number of fused-ring (bicyclic) bond motifs is 2. The highest BCUT2D eigenvalue weighted by atomic mass is 19.2. The lowest BCUT2D eigenvalue weighted by atomic mass is 10.1. The van der Waals surface area contributed by atoms with Crippen molar-refractivity contribution in [3.63, 3.8) is 0 Å². The maximum atomic E-state index is 13.5. The van der Waals surface area contributed by atoms with Gasteiger partial charge in [0, 0.05) is 24.2 Å². The lowest BCUT2D eigenvalue weighted by Crippen LogP contribution is -2.49. The van der Waals surface area contributed by atoms with Gasteiger partial charge in [0.05, 0.1) is 42.8 Å². The van der Waals surface area contributed by atoms with Gasteiger partial charge >= 0.3 is 12.1 Å². The van der Waals surface area contributed by atoms with Crippen LogP contribution in [0.1, 0.15) is 31.9 Å². The van der Waals surface area contributed by atoms with Crippen LogP contribution in [-0.4, -0.2) is 44.6 Å². The highest BCUT2D eigenvalue weighted by Crippen LogP contribution is 2.43. The second kappa shape index (κ2) is 7.12. The minimum absolute atomic E-state index is 0.0859. The molecule has 2 aromatic rings. The van der Waals surface area contributed by atoms with Gasteiger partial charge in [-0.15, -0.1) is 0 Å². The van der Waals surface area contributed by atoms with E-state index < -0.39 is 35.3 Å². The van der Waals surface area contributed by atoms with Crippen molar-refractivity contribution in [1.82, 2.24) is 14.7 Å². The normalized spacial score (nSPS) is 26.7. The van der Waals surface area contributed by atoms with E-state index in [1.54, 1.807) is 17.8 Å². The first-order chi connectivity index (χ1) is 15.2. The van der Waals surface area contributed by atoms with Gasteiger partial charge in [0.15, 0.2) is 23.2 Å². The number of rotatable bonds is 2. The third-order valence-corrected chi connectivity index (χ3v) is 6.37. The fourth-order valence-corrected chi connectivity index (χ4v) is 4.74. The van der Waals surface area contributed by atoms with Crippen molar-refractivity contribution in [3.8, 4) is 0 Å². The molecule has 0 bridgehead atoms. The summed E-state index contributed by atoms with van der Waals surface area (Å²) in [5, 5.41) is 6.76. The number of urea groups is 1. The summed E-state index contributed by atoms with van der Waals surface area (Å²) in [4.78, 5) is 28.4. The molecule has 1 saturated carbocycles. The number of amides is 3. The van der Waals surface area contributed by atoms with Crippen molar-refractivity contribution in [2.24, 2.45) is 5.73 Å². The van der Waals surface area contributed by atoms with E-state index in [-0.39, 0.29) is 24.3 Å². The Hall–Kier alpha value is -3.28. The van der Waals surface area contributed by atoms with Gasteiger partial charge in [0.25, 0.3) is 0 Å². The maximum absolute atomic E-state index is 13.5. The van der Waals surface area contributed by atoms with E-state index in [2.05, 4.69) is 10.4 Å². The topological polar surface area (TPSA) is 106 Å². The second-order valence-electron chi connectivity index (χ2n) is 8.42. The third kappa shape index (κ3) is 3.08. The summed E-state index contributed by atoms with van der Waals surface area (Å²) < 4.78 is 47.4. The molecular formula is C20H21F3N6O3. The molecule has 2 aliphatic heterocycles. The molecular weight excluding hydrogens is 429 g/mol. The highest BCUT2D eigenvalue weighted by Gasteiger charge is 2.55. The van der Waals surface area contributed by atoms with Gasteiger partial charge < -0.3 is 15.0 Å². The summed E-state index contributed by atoms with van der Waals surface area (Å²) >= 11 is 0. The van der Waals surface area contributed by atoms with Crippen LogP contribution in [0.2, 0.25) is 0 Å². The smallest absolute Gasteiger partial charge is 0.416 e. The van der Waals surface area contributed by atoms with Gasteiger partial charge in [0.1, 0.15) is 0 Å². The zero-order valence-corrected chi connectivity index (χ0v) is 17.1. The molecule has 3 atom stereocenters. The van der Waals surface area contributed by atoms with Crippen LogP contribution in [0.4, 0.5) is 34.1 Å². The van der Waals surface area contributed by atoms with Crippen LogP contribution in [0.15, 0.2) is 18.3 Å². The molecule has 5 rings (SSSR count). The standard InChI is InChI=1S/C20H21F3N6O3/c1-10-8-28-15(9-27(10)18(30)26-11-5-12(21)17(23)13(22)6-11)14(7-25-28)29-16-3-2-4-20(16,24)32-19(29)31/h5-7,10,16H,2-4,8-9,24H2,1H3,(H,26,30)/t10-,16-,20+/m0/s1. The van der Waals surface area contributed by atoms with Crippen LogP contribution in [0.5, 0.6) is 0 Å². The Bertz CT molecular complexity index is 1100. The van der Waals surface area contributed by atoms with Crippen molar-refractivity contribution in [1.29, 1.82) is 0 Å². The molecule has 1 saturated heterocycles. The van der Waals surface area contributed by atoms with Crippen molar-refractivity contribution in [2.75, 3.05) is 10.2 Å². The molecule has 2 fully saturated rings. The molecule has 0 radical (unpaired) electrons. The van der Waals surface area contributed by atoms with Crippen LogP contribution in [0.3, 0.4) is 0 Å². The monoisotopic (exact) mass is 450 g/mol. The molecule has 3 aliphatic rings. The average Bonchev–Trinajstić information content (AvgIpc) is 3.35. The summed E-state index contributed by atoms with van der Waals surface area (Å²) in [7, 11) is 0. The number of nitrogens with zero attached hydrogens (tertiary/aromatic N) is 4. The maximum Gasteiger partial charge on any atom is 0.416 e. The molecule has 1 aromatic carbocycles. The largest absolute Gasteiger partial charge is 0.425 e. The summed E-state index contributed by atoms with van der Waals surface area (Å²) in [6, 6.07) is 0.162. The Kier molecular flexibility index (Phi) is 4.59. The quantitative estimate of drug-likeness (QED) is 0.685. The van der Waals surface area contributed by atoms with Crippen LogP contribution in [0, 0.1) is 17.5 Å². The van der Waals surface area contributed by atoms with Crippen LogP contribution >= 0.6 is 0 Å². The van der Waals surface area contributed by atoms with E-state index in [0.29, 0.717) is 42.9 Å². The van der Waals surface area contributed by atoms with Crippen molar-refractivity contribution in [2.45, 2.75) is 57.1 Å². The number of aromatic nitrogens is 2. The Labute approximate surface area is 180 Å². The minimum Gasteiger partial charge on any atom is -0.425 e. The molecule has 32 heavy (non-hydrogen) atoms. The molecule has 3 amide bonds. The first-order valence-corrected chi connectivity index (χ1v) is 10.3. The molecule has 3 heterocycles. The van der Waals surface area contributed by atoms with Gasteiger partial charge in [-0.1, -0.05) is 0 Å². The molecule has 9 nitrogen and oxygen atoms in total. The molecule has 12 heteroatoms. The van der Waals surface area contributed by atoms with E-state index in [1.165, 1.54) is 9.80 Å². The van der Waals surface area contributed by atoms with E-state index in [1.807, 2.05) is 0 Å². The van der Waals surface area contributed by atoms with E-state index in [9.17, 15) is 22.8 Å². The molecule has 170 valence electrons. The minimum atomic E-state index is -1.61. The van der Waals surface area contributed by atoms with Crippen molar-refractivity contribution in [3.05, 3.63) is 41.5 Å². The fraction of sp³-hybridized carbons (Fsp3) is 0.450. The lowest BCUT2D eigenvalue weighted by Gasteiger charge is -2.35. The number of halogens is 3. The van der Waals surface area contributed by atoms with Gasteiger partial charge in [-0.25, -0.2) is 22.8 Å². The molecule has 0 unspecified atom stereocenters. The van der Waals surface area contributed by atoms with Crippen LogP contribution in [0.25, 0.3) is 0 Å². The van der Waals surface area contributed by atoms with Crippen molar-refractivity contribution < 1.29 is 27.5 Å². The number of hydrogen-bond acceptors (Lipinski definition) is 5. The van der Waals surface area contributed by atoms with Crippen LogP contribution in [-0.2, 0) is 17.8 Å². The van der Waals surface area contributed by atoms with Crippen molar-refractivity contribution >= 4 is 23.5 Å². The number of benzene rings is 1.